The fourth-order valence-corrected chi connectivity index (χ4v) is 2.69. The average molecular weight is 303 g/mol. The molecule has 0 unspecified atom stereocenters. The van der Waals surface area contributed by atoms with Crippen LogP contribution in [0.3, 0.4) is 0 Å². The van der Waals surface area contributed by atoms with Gasteiger partial charge in [-0.2, -0.15) is 0 Å². The van der Waals surface area contributed by atoms with Crippen molar-refractivity contribution >= 4 is 15.9 Å². The Morgan fingerprint density at radius 3 is 2.29 bits per heavy atom. The van der Waals surface area contributed by atoms with Gasteiger partial charge in [0.2, 0.25) is 0 Å². The van der Waals surface area contributed by atoms with E-state index >= 15 is 0 Å². The van der Waals surface area contributed by atoms with Crippen molar-refractivity contribution in [2.75, 3.05) is 0 Å². The average Bonchev–Trinajstić information content (AvgIpc) is 2.24. The van der Waals surface area contributed by atoms with Crippen molar-refractivity contribution in [3.8, 4) is 0 Å². The molecular formula is C14H20BrFO. The van der Waals surface area contributed by atoms with Gasteiger partial charge in [0.05, 0.1) is 10.1 Å². The molecule has 0 heterocycles. The van der Waals surface area contributed by atoms with Crippen LogP contribution < -0.4 is 0 Å². The second kappa shape index (κ2) is 6.50. The first-order valence-electron chi connectivity index (χ1n) is 6.17. The third-order valence-electron chi connectivity index (χ3n) is 2.95. The molecule has 0 radical (unpaired) electrons. The van der Waals surface area contributed by atoms with Crippen molar-refractivity contribution in [2.24, 2.45) is 0 Å². The second-order valence-corrected chi connectivity index (χ2v) is 5.50. The minimum absolute atomic E-state index is 0.261. The molecule has 96 valence electrons. The monoisotopic (exact) mass is 302 g/mol. The molecule has 0 aliphatic rings. The smallest absolute Gasteiger partial charge is 0.137 e. The first kappa shape index (κ1) is 14.7. The Labute approximate surface area is 111 Å². The molecule has 1 nitrogen and oxygen atoms in total. The SMILES string of the molecule is CCCC(O)(CCC)Cc1ccc(F)c(Br)c1. The van der Waals surface area contributed by atoms with E-state index < -0.39 is 5.60 Å². The third-order valence-corrected chi connectivity index (χ3v) is 3.56. The first-order valence-corrected chi connectivity index (χ1v) is 6.96. The van der Waals surface area contributed by atoms with E-state index in [0.717, 1.165) is 31.2 Å². The number of benzene rings is 1. The van der Waals surface area contributed by atoms with Crippen LogP contribution in [0, 0.1) is 5.82 Å². The van der Waals surface area contributed by atoms with Gasteiger partial charge in [0.15, 0.2) is 0 Å². The van der Waals surface area contributed by atoms with Crippen LogP contribution in [0.5, 0.6) is 0 Å². The molecule has 0 saturated carbocycles. The molecule has 0 atom stereocenters. The van der Waals surface area contributed by atoms with Gasteiger partial charge in [-0.3, -0.25) is 0 Å². The summed E-state index contributed by atoms with van der Waals surface area (Å²) in [6.07, 6.45) is 4.08. The summed E-state index contributed by atoms with van der Waals surface area (Å²) in [6.45, 7) is 4.14. The van der Waals surface area contributed by atoms with Gasteiger partial charge < -0.3 is 5.11 Å². The summed E-state index contributed by atoms with van der Waals surface area (Å²) in [6, 6.07) is 4.94. The molecule has 1 aromatic carbocycles. The molecule has 0 bridgehead atoms. The lowest BCUT2D eigenvalue weighted by Crippen LogP contribution is -2.31. The molecule has 0 amide bonds. The van der Waals surface area contributed by atoms with Gasteiger partial charge in [0.25, 0.3) is 0 Å². The van der Waals surface area contributed by atoms with Gasteiger partial charge in [-0.1, -0.05) is 32.8 Å². The molecule has 3 heteroatoms. The van der Waals surface area contributed by atoms with Crippen LogP contribution in [0.1, 0.15) is 45.1 Å². The first-order chi connectivity index (χ1) is 8.00. The normalized spacial score (nSPS) is 11.8. The van der Waals surface area contributed by atoms with E-state index in [2.05, 4.69) is 29.8 Å². The lowest BCUT2D eigenvalue weighted by atomic mass is 9.86. The fourth-order valence-electron chi connectivity index (χ4n) is 2.26. The minimum atomic E-state index is -0.652. The van der Waals surface area contributed by atoms with Gasteiger partial charge in [-0.05, 0) is 46.5 Å². The minimum Gasteiger partial charge on any atom is -0.390 e. The number of aliphatic hydroxyl groups is 1. The van der Waals surface area contributed by atoms with Gasteiger partial charge >= 0.3 is 0 Å². The van der Waals surface area contributed by atoms with Crippen molar-refractivity contribution in [2.45, 2.75) is 51.6 Å². The Hall–Kier alpha value is -0.410. The van der Waals surface area contributed by atoms with Crippen LogP contribution in [-0.2, 0) is 6.42 Å². The van der Waals surface area contributed by atoms with Crippen LogP contribution in [0.2, 0.25) is 0 Å². The zero-order valence-corrected chi connectivity index (χ0v) is 12.1. The zero-order valence-electron chi connectivity index (χ0n) is 10.5. The topological polar surface area (TPSA) is 20.2 Å². The third kappa shape index (κ3) is 4.40. The second-order valence-electron chi connectivity index (χ2n) is 4.65. The van der Waals surface area contributed by atoms with E-state index in [9.17, 15) is 9.50 Å². The summed E-state index contributed by atoms with van der Waals surface area (Å²) in [7, 11) is 0. The highest BCUT2D eigenvalue weighted by Gasteiger charge is 2.25. The Kier molecular flexibility index (Phi) is 5.60. The van der Waals surface area contributed by atoms with Crippen molar-refractivity contribution in [1.82, 2.24) is 0 Å². The van der Waals surface area contributed by atoms with Crippen LogP contribution in [0.15, 0.2) is 22.7 Å². The molecule has 1 N–H and O–H groups in total. The molecule has 0 aromatic heterocycles. The standard InChI is InChI=1S/C14H20BrFO/c1-3-7-14(17,8-4-2)10-11-5-6-13(16)12(15)9-11/h5-6,9,17H,3-4,7-8,10H2,1-2H3. The van der Waals surface area contributed by atoms with E-state index in [-0.39, 0.29) is 5.82 Å². The van der Waals surface area contributed by atoms with Crippen molar-refractivity contribution < 1.29 is 9.50 Å². The predicted octanol–water partition coefficient (Wildman–Crippen LogP) is 4.46. The van der Waals surface area contributed by atoms with E-state index in [1.807, 2.05) is 0 Å². The molecule has 0 aliphatic carbocycles. The quantitative estimate of drug-likeness (QED) is 0.822. The van der Waals surface area contributed by atoms with Gasteiger partial charge in [0, 0.05) is 6.42 Å². The molecule has 0 fully saturated rings. The van der Waals surface area contributed by atoms with Gasteiger partial charge in [-0.25, -0.2) is 4.39 Å². The van der Waals surface area contributed by atoms with Crippen LogP contribution in [-0.4, -0.2) is 10.7 Å². The summed E-state index contributed by atoms with van der Waals surface area (Å²) < 4.78 is 13.6. The molecule has 0 spiro atoms. The predicted molar refractivity (Wildman–Crippen MR) is 72.6 cm³/mol. The maximum atomic E-state index is 13.1. The summed E-state index contributed by atoms with van der Waals surface area (Å²) in [4.78, 5) is 0. The summed E-state index contributed by atoms with van der Waals surface area (Å²) in [5.74, 6) is -0.261. The molecule has 1 rings (SSSR count). The highest BCUT2D eigenvalue weighted by atomic mass is 79.9. The maximum absolute atomic E-state index is 13.1. The lowest BCUT2D eigenvalue weighted by molar-refractivity contribution is 0.0216. The van der Waals surface area contributed by atoms with E-state index in [4.69, 9.17) is 0 Å². The fraction of sp³-hybridized carbons (Fsp3) is 0.571. The maximum Gasteiger partial charge on any atom is 0.137 e. The van der Waals surface area contributed by atoms with Crippen molar-refractivity contribution in [3.63, 3.8) is 0 Å². The number of rotatable bonds is 6. The molecular weight excluding hydrogens is 283 g/mol. The number of hydrogen-bond donors (Lipinski definition) is 1. The van der Waals surface area contributed by atoms with E-state index in [1.165, 1.54) is 6.07 Å². The molecule has 0 saturated heterocycles. The number of hydrogen-bond acceptors (Lipinski definition) is 1. The van der Waals surface area contributed by atoms with Gasteiger partial charge in [-0.15, -0.1) is 0 Å². The van der Waals surface area contributed by atoms with E-state index in [1.54, 1.807) is 12.1 Å². The number of halogens is 2. The summed E-state index contributed by atoms with van der Waals surface area (Å²) in [5, 5.41) is 10.5. The molecule has 1 aromatic rings. The van der Waals surface area contributed by atoms with Crippen LogP contribution >= 0.6 is 15.9 Å². The van der Waals surface area contributed by atoms with Crippen molar-refractivity contribution in [1.29, 1.82) is 0 Å². The Bertz CT molecular complexity index is 359. The van der Waals surface area contributed by atoms with Crippen LogP contribution in [0.4, 0.5) is 4.39 Å². The van der Waals surface area contributed by atoms with Crippen molar-refractivity contribution in [3.05, 3.63) is 34.1 Å². The Morgan fingerprint density at radius 1 is 1.24 bits per heavy atom. The Balaban J connectivity index is 2.81. The highest BCUT2D eigenvalue weighted by Crippen LogP contribution is 2.26. The molecule has 0 aliphatic heterocycles. The largest absolute Gasteiger partial charge is 0.390 e. The lowest BCUT2D eigenvalue weighted by Gasteiger charge is -2.27. The zero-order chi connectivity index (χ0) is 12.9. The summed E-state index contributed by atoms with van der Waals surface area (Å²) >= 11 is 3.17. The highest BCUT2D eigenvalue weighted by molar-refractivity contribution is 9.10. The summed E-state index contributed by atoms with van der Waals surface area (Å²) in [5.41, 5.74) is 0.323. The van der Waals surface area contributed by atoms with Crippen LogP contribution in [0.25, 0.3) is 0 Å². The van der Waals surface area contributed by atoms with E-state index in [0.29, 0.717) is 10.9 Å². The van der Waals surface area contributed by atoms with Gasteiger partial charge in [0.1, 0.15) is 5.82 Å². The molecule has 17 heavy (non-hydrogen) atoms. The Morgan fingerprint density at radius 2 is 1.82 bits per heavy atom.